The summed E-state index contributed by atoms with van der Waals surface area (Å²) in [7, 11) is -1.69. The molecule has 3 rings (SSSR count). The van der Waals surface area contributed by atoms with Crippen LogP contribution in [-0.2, 0) is 22.5 Å². The molecule has 0 spiro atoms. The number of hydrogen-bond donors (Lipinski definition) is 1. The predicted molar refractivity (Wildman–Crippen MR) is 110 cm³/mol. The first-order valence-electron chi connectivity index (χ1n) is 9.07. The van der Waals surface area contributed by atoms with Crippen LogP contribution < -0.4 is 5.32 Å². The van der Waals surface area contributed by atoms with Crippen molar-refractivity contribution in [1.82, 2.24) is 19.2 Å². The Morgan fingerprint density at radius 2 is 1.93 bits per heavy atom. The minimum absolute atomic E-state index is 0. The number of nitrogens with one attached hydrogen (secondary N) is 1. The summed E-state index contributed by atoms with van der Waals surface area (Å²) in [5.74, 6) is 0.754. The van der Waals surface area contributed by atoms with Crippen LogP contribution in [0.1, 0.15) is 44.6 Å². The molecule has 1 fully saturated rings. The molecule has 0 amide bonds. The number of aromatic nitrogens is 2. The highest BCUT2D eigenvalue weighted by atomic mass is 35.5. The van der Waals surface area contributed by atoms with Crippen molar-refractivity contribution in [2.75, 3.05) is 19.6 Å². The van der Waals surface area contributed by atoms with Crippen molar-refractivity contribution in [3.63, 3.8) is 0 Å². The molecule has 1 unspecified atom stereocenters. The fourth-order valence-electron chi connectivity index (χ4n) is 3.31. The molecule has 0 aliphatic carbocycles. The van der Waals surface area contributed by atoms with Gasteiger partial charge in [-0.25, -0.2) is 13.4 Å². The summed E-state index contributed by atoms with van der Waals surface area (Å²) in [6, 6.07) is 7.04. The zero-order valence-corrected chi connectivity index (χ0v) is 18.0. The number of halogens is 1. The van der Waals surface area contributed by atoms with Crippen LogP contribution in [0.15, 0.2) is 41.6 Å². The Morgan fingerprint density at radius 1 is 1.26 bits per heavy atom. The average molecular weight is 413 g/mol. The van der Waals surface area contributed by atoms with Crippen LogP contribution in [0.4, 0.5) is 0 Å². The smallest absolute Gasteiger partial charge is 0.243 e. The van der Waals surface area contributed by atoms with E-state index in [0.717, 1.165) is 17.8 Å². The van der Waals surface area contributed by atoms with E-state index in [1.807, 2.05) is 29.9 Å². The number of benzene rings is 1. The van der Waals surface area contributed by atoms with E-state index in [1.54, 1.807) is 22.6 Å². The maximum Gasteiger partial charge on any atom is 0.243 e. The van der Waals surface area contributed by atoms with Gasteiger partial charge in [0.15, 0.2) is 0 Å². The molecule has 1 aromatic carbocycles. The Balaban J connectivity index is 0.00000261. The quantitative estimate of drug-likeness (QED) is 0.819. The van der Waals surface area contributed by atoms with Gasteiger partial charge in [0.05, 0.1) is 10.9 Å². The van der Waals surface area contributed by atoms with E-state index in [-0.39, 0.29) is 23.9 Å². The minimum atomic E-state index is -3.58. The van der Waals surface area contributed by atoms with Crippen molar-refractivity contribution in [2.24, 2.45) is 7.05 Å². The van der Waals surface area contributed by atoms with Crippen LogP contribution in [0, 0.1) is 0 Å². The highest BCUT2D eigenvalue weighted by Gasteiger charge is 2.36. The summed E-state index contributed by atoms with van der Waals surface area (Å²) < 4.78 is 30.0. The summed E-state index contributed by atoms with van der Waals surface area (Å²) in [6.07, 6.45) is 4.55. The lowest BCUT2D eigenvalue weighted by atomic mass is 9.82. The van der Waals surface area contributed by atoms with Gasteiger partial charge in [-0.05, 0) is 29.5 Å². The number of sulfonamides is 1. The van der Waals surface area contributed by atoms with Gasteiger partial charge in [0.1, 0.15) is 5.82 Å². The average Bonchev–Trinajstić information content (AvgIpc) is 3.07. The zero-order valence-electron chi connectivity index (χ0n) is 16.3. The normalized spacial score (nSPS) is 18.9. The maximum absolute atomic E-state index is 13.3. The van der Waals surface area contributed by atoms with E-state index in [1.165, 1.54) is 0 Å². The van der Waals surface area contributed by atoms with Crippen molar-refractivity contribution in [1.29, 1.82) is 0 Å². The molecule has 0 bridgehead atoms. The number of rotatable bonds is 5. The fraction of sp³-hybridized carbons (Fsp3) is 0.526. The first kappa shape index (κ1) is 21.9. The molecule has 8 heteroatoms. The van der Waals surface area contributed by atoms with Crippen LogP contribution in [0.3, 0.4) is 0 Å². The molecule has 1 aromatic heterocycles. The van der Waals surface area contributed by atoms with Gasteiger partial charge in [0.25, 0.3) is 0 Å². The summed E-state index contributed by atoms with van der Waals surface area (Å²) in [5.41, 5.74) is 1.19. The molecule has 0 saturated carbocycles. The standard InChI is InChI=1S/C19H28N4O2S.ClH/c1-5-19(2,3)15-6-8-16(9-7-15)26(24,25)23-13-10-20-14-17(23)18-21-11-12-22(18)4;/h6-9,11-12,17,20H,5,10,13-14H2,1-4H3;1H. The topological polar surface area (TPSA) is 67.2 Å². The van der Waals surface area contributed by atoms with E-state index in [2.05, 4.69) is 31.1 Å². The molecule has 1 aliphatic heterocycles. The molecule has 1 aliphatic rings. The molecule has 1 saturated heterocycles. The lowest BCUT2D eigenvalue weighted by Crippen LogP contribution is -2.49. The molecule has 6 nitrogen and oxygen atoms in total. The second-order valence-electron chi connectivity index (χ2n) is 7.49. The van der Waals surface area contributed by atoms with E-state index in [9.17, 15) is 8.42 Å². The molecular weight excluding hydrogens is 384 g/mol. The Morgan fingerprint density at radius 3 is 2.48 bits per heavy atom. The summed E-state index contributed by atoms with van der Waals surface area (Å²) >= 11 is 0. The van der Waals surface area contributed by atoms with Crippen molar-refractivity contribution in [2.45, 2.75) is 43.5 Å². The summed E-state index contributed by atoms with van der Waals surface area (Å²) in [6.45, 7) is 8.12. The molecule has 2 heterocycles. The van der Waals surface area contributed by atoms with Gasteiger partial charge in [0, 0.05) is 39.1 Å². The van der Waals surface area contributed by atoms with Crippen LogP contribution in [0.5, 0.6) is 0 Å². The highest BCUT2D eigenvalue weighted by Crippen LogP contribution is 2.31. The van der Waals surface area contributed by atoms with Crippen LogP contribution in [-0.4, -0.2) is 41.9 Å². The fourth-order valence-corrected chi connectivity index (χ4v) is 4.90. The minimum Gasteiger partial charge on any atom is -0.337 e. The Hall–Kier alpha value is -1.41. The summed E-state index contributed by atoms with van der Waals surface area (Å²) in [4.78, 5) is 4.71. The van der Waals surface area contributed by atoms with Gasteiger partial charge in [-0.15, -0.1) is 12.4 Å². The monoisotopic (exact) mass is 412 g/mol. The van der Waals surface area contributed by atoms with Crippen molar-refractivity contribution >= 4 is 22.4 Å². The zero-order chi connectivity index (χ0) is 18.9. The third-order valence-corrected chi connectivity index (χ3v) is 7.40. The van der Waals surface area contributed by atoms with Gasteiger partial charge in [0.2, 0.25) is 10.0 Å². The number of nitrogens with zero attached hydrogens (tertiary/aromatic N) is 3. The van der Waals surface area contributed by atoms with Gasteiger partial charge >= 0.3 is 0 Å². The number of imidazole rings is 1. The van der Waals surface area contributed by atoms with Gasteiger partial charge in [-0.1, -0.05) is 32.9 Å². The van der Waals surface area contributed by atoms with Crippen LogP contribution in [0.25, 0.3) is 0 Å². The SMILES string of the molecule is CCC(C)(C)c1ccc(S(=O)(=O)N2CCNCC2c2nccn2C)cc1.Cl. The van der Waals surface area contributed by atoms with Gasteiger partial charge < -0.3 is 9.88 Å². The van der Waals surface area contributed by atoms with Crippen molar-refractivity contribution < 1.29 is 8.42 Å². The second-order valence-corrected chi connectivity index (χ2v) is 9.38. The van der Waals surface area contributed by atoms with Crippen molar-refractivity contribution in [3.05, 3.63) is 48.0 Å². The number of piperazine rings is 1. The molecule has 0 radical (unpaired) electrons. The first-order valence-corrected chi connectivity index (χ1v) is 10.5. The lowest BCUT2D eigenvalue weighted by Gasteiger charge is -2.34. The largest absolute Gasteiger partial charge is 0.337 e. The van der Waals surface area contributed by atoms with Crippen LogP contribution >= 0.6 is 12.4 Å². The van der Waals surface area contributed by atoms with Gasteiger partial charge in [-0.2, -0.15) is 4.31 Å². The summed E-state index contributed by atoms with van der Waals surface area (Å²) in [5, 5.41) is 3.28. The lowest BCUT2D eigenvalue weighted by molar-refractivity contribution is 0.258. The molecule has 1 N–H and O–H groups in total. The van der Waals surface area contributed by atoms with E-state index in [4.69, 9.17) is 0 Å². The second kappa shape index (κ2) is 8.31. The molecule has 1 atom stereocenters. The van der Waals surface area contributed by atoms with E-state index >= 15 is 0 Å². The van der Waals surface area contributed by atoms with Crippen molar-refractivity contribution in [3.8, 4) is 0 Å². The Kier molecular flexibility index (Phi) is 6.73. The highest BCUT2D eigenvalue weighted by molar-refractivity contribution is 7.89. The third kappa shape index (κ3) is 4.21. The van der Waals surface area contributed by atoms with E-state index in [0.29, 0.717) is 24.5 Å². The molecular formula is C19H29ClN4O2S. The number of hydrogen-bond acceptors (Lipinski definition) is 4. The molecule has 150 valence electrons. The van der Waals surface area contributed by atoms with Crippen LogP contribution in [0.2, 0.25) is 0 Å². The molecule has 2 aromatic rings. The maximum atomic E-state index is 13.3. The van der Waals surface area contributed by atoms with Gasteiger partial charge in [-0.3, -0.25) is 0 Å². The number of aryl methyl sites for hydroxylation is 1. The Labute approximate surface area is 168 Å². The third-order valence-electron chi connectivity index (χ3n) is 5.48. The first-order chi connectivity index (χ1) is 12.3. The van der Waals surface area contributed by atoms with E-state index < -0.39 is 10.0 Å². The molecule has 27 heavy (non-hydrogen) atoms. The predicted octanol–water partition coefficient (Wildman–Crippen LogP) is 2.86. The Bertz CT molecular complexity index is 862.